The maximum absolute atomic E-state index is 11.6. The molecule has 0 fully saturated rings. The Kier molecular flexibility index (Phi) is 5.67. The van der Waals surface area contributed by atoms with Crippen molar-refractivity contribution in [3.63, 3.8) is 0 Å². The van der Waals surface area contributed by atoms with E-state index in [1.54, 1.807) is 39.0 Å². The van der Waals surface area contributed by atoms with Gasteiger partial charge in [0, 0.05) is 5.02 Å². The molecule has 0 unspecified atom stereocenters. The molecule has 1 N–H and O–H groups in total. The first-order chi connectivity index (χ1) is 10.7. The van der Waals surface area contributed by atoms with Crippen molar-refractivity contribution in [2.24, 2.45) is 0 Å². The van der Waals surface area contributed by atoms with E-state index >= 15 is 0 Å². The standard InChI is InChI=1S/C14H15Cl2N3O3S/c1-14(2,3)22-13(20)17-12-19-18-11(23-12)7-21-10-5-4-8(15)6-9(10)16/h4-6H,7H2,1-3H3,(H,17,19,20). The molecule has 0 aliphatic carbocycles. The predicted octanol–water partition coefficient (Wildman–Crippen LogP) is 4.77. The van der Waals surface area contributed by atoms with Crippen LogP contribution in [-0.2, 0) is 11.3 Å². The molecule has 1 amide bonds. The Hall–Kier alpha value is -1.57. The van der Waals surface area contributed by atoms with Crippen molar-refractivity contribution >= 4 is 45.8 Å². The molecule has 9 heteroatoms. The summed E-state index contributed by atoms with van der Waals surface area (Å²) in [5.74, 6) is 0.493. The summed E-state index contributed by atoms with van der Waals surface area (Å²) in [7, 11) is 0. The number of nitrogens with one attached hydrogen (secondary N) is 1. The van der Waals surface area contributed by atoms with E-state index < -0.39 is 11.7 Å². The lowest BCUT2D eigenvalue weighted by Gasteiger charge is -2.18. The number of benzene rings is 1. The minimum absolute atomic E-state index is 0.176. The number of amides is 1. The van der Waals surface area contributed by atoms with Crippen LogP contribution in [0.5, 0.6) is 5.75 Å². The highest BCUT2D eigenvalue weighted by atomic mass is 35.5. The van der Waals surface area contributed by atoms with Crippen molar-refractivity contribution in [3.05, 3.63) is 33.3 Å². The highest BCUT2D eigenvalue weighted by molar-refractivity contribution is 7.15. The van der Waals surface area contributed by atoms with Crippen molar-refractivity contribution < 1.29 is 14.3 Å². The van der Waals surface area contributed by atoms with E-state index in [0.717, 1.165) is 0 Å². The monoisotopic (exact) mass is 375 g/mol. The normalized spacial score (nSPS) is 11.2. The van der Waals surface area contributed by atoms with Gasteiger partial charge < -0.3 is 9.47 Å². The number of nitrogens with zero attached hydrogens (tertiary/aromatic N) is 2. The SMILES string of the molecule is CC(C)(C)OC(=O)Nc1nnc(COc2ccc(Cl)cc2Cl)s1. The molecule has 1 aromatic heterocycles. The van der Waals surface area contributed by atoms with Gasteiger partial charge in [0.25, 0.3) is 0 Å². The van der Waals surface area contributed by atoms with Gasteiger partial charge in [0.1, 0.15) is 18.0 Å². The lowest BCUT2D eigenvalue weighted by molar-refractivity contribution is 0.0636. The zero-order valence-electron chi connectivity index (χ0n) is 12.7. The van der Waals surface area contributed by atoms with Crippen LogP contribution in [0.2, 0.25) is 10.0 Å². The second kappa shape index (κ2) is 7.33. The van der Waals surface area contributed by atoms with Gasteiger partial charge in [-0.2, -0.15) is 0 Å². The summed E-state index contributed by atoms with van der Waals surface area (Å²) in [4.78, 5) is 11.6. The zero-order chi connectivity index (χ0) is 17.0. The second-order valence-corrected chi connectivity index (χ2v) is 7.40. The van der Waals surface area contributed by atoms with Crippen LogP contribution in [0.25, 0.3) is 0 Å². The van der Waals surface area contributed by atoms with Crippen LogP contribution in [0.15, 0.2) is 18.2 Å². The number of hydrogen-bond donors (Lipinski definition) is 1. The molecule has 0 aliphatic heterocycles. The van der Waals surface area contributed by atoms with Crippen LogP contribution in [0.1, 0.15) is 25.8 Å². The largest absolute Gasteiger partial charge is 0.485 e. The van der Waals surface area contributed by atoms with E-state index in [1.807, 2.05) is 0 Å². The number of rotatable bonds is 4. The smallest absolute Gasteiger partial charge is 0.414 e. The van der Waals surface area contributed by atoms with E-state index in [4.69, 9.17) is 32.7 Å². The number of aromatic nitrogens is 2. The summed E-state index contributed by atoms with van der Waals surface area (Å²) < 4.78 is 10.7. The molecule has 124 valence electrons. The minimum Gasteiger partial charge on any atom is -0.485 e. The van der Waals surface area contributed by atoms with Crippen LogP contribution in [-0.4, -0.2) is 21.9 Å². The molecule has 0 atom stereocenters. The summed E-state index contributed by atoms with van der Waals surface area (Å²) in [6.45, 7) is 5.51. The summed E-state index contributed by atoms with van der Waals surface area (Å²) >= 11 is 13.0. The Balaban J connectivity index is 1.91. The van der Waals surface area contributed by atoms with Crippen molar-refractivity contribution in [1.29, 1.82) is 0 Å². The van der Waals surface area contributed by atoms with Crippen molar-refractivity contribution in [2.75, 3.05) is 5.32 Å². The van der Waals surface area contributed by atoms with Gasteiger partial charge in [-0.25, -0.2) is 4.79 Å². The summed E-state index contributed by atoms with van der Waals surface area (Å²) in [6, 6.07) is 4.94. The Labute approximate surface area is 147 Å². The van der Waals surface area contributed by atoms with E-state index in [9.17, 15) is 4.79 Å². The zero-order valence-corrected chi connectivity index (χ0v) is 15.1. The van der Waals surface area contributed by atoms with Gasteiger partial charge in [0.2, 0.25) is 5.13 Å². The van der Waals surface area contributed by atoms with Gasteiger partial charge in [-0.15, -0.1) is 10.2 Å². The molecule has 2 rings (SSSR count). The Morgan fingerprint density at radius 1 is 1.30 bits per heavy atom. The third kappa shape index (κ3) is 5.85. The van der Waals surface area contributed by atoms with Gasteiger partial charge >= 0.3 is 6.09 Å². The first-order valence-electron chi connectivity index (χ1n) is 6.63. The van der Waals surface area contributed by atoms with E-state index in [0.29, 0.717) is 25.9 Å². The van der Waals surface area contributed by atoms with E-state index in [1.165, 1.54) is 11.3 Å². The number of carbonyl (C=O) groups excluding carboxylic acids is 1. The molecule has 0 saturated heterocycles. The molecular formula is C14H15Cl2N3O3S. The number of anilines is 1. The Morgan fingerprint density at radius 3 is 2.70 bits per heavy atom. The first-order valence-corrected chi connectivity index (χ1v) is 8.20. The molecule has 1 aromatic carbocycles. The van der Waals surface area contributed by atoms with Crippen molar-refractivity contribution in [2.45, 2.75) is 33.0 Å². The van der Waals surface area contributed by atoms with Gasteiger partial charge in [-0.05, 0) is 39.0 Å². The molecule has 0 bridgehead atoms. The molecule has 1 heterocycles. The molecular weight excluding hydrogens is 361 g/mol. The number of hydrogen-bond acceptors (Lipinski definition) is 6. The van der Waals surface area contributed by atoms with E-state index in [2.05, 4.69) is 15.5 Å². The van der Waals surface area contributed by atoms with Crippen LogP contribution in [0.3, 0.4) is 0 Å². The molecule has 2 aromatic rings. The van der Waals surface area contributed by atoms with Gasteiger partial charge in [-0.3, -0.25) is 5.32 Å². The average Bonchev–Trinajstić information content (AvgIpc) is 2.83. The number of halogens is 2. The fourth-order valence-electron chi connectivity index (χ4n) is 1.49. The third-order valence-electron chi connectivity index (χ3n) is 2.32. The Morgan fingerprint density at radius 2 is 2.04 bits per heavy atom. The maximum atomic E-state index is 11.6. The summed E-state index contributed by atoms with van der Waals surface area (Å²) in [6.07, 6.45) is -0.582. The molecule has 0 saturated carbocycles. The van der Waals surface area contributed by atoms with Crippen LogP contribution in [0, 0.1) is 0 Å². The van der Waals surface area contributed by atoms with Crippen LogP contribution < -0.4 is 10.1 Å². The van der Waals surface area contributed by atoms with Crippen molar-refractivity contribution in [1.82, 2.24) is 10.2 Å². The first kappa shape index (κ1) is 17.8. The number of carbonyl (C=O) groups is 1. The number of ether oxygens (including phenoxy) is 2. The molecule has 0 spiro atoms. The lowest BCUT2D eigenvalue weighted by atomic mass is 10.2. The maximum Gasteiger partial charge on any atom is 0.414 e. The minimum atomic E-state index is -0.582. The van der Waals surface area contributed by atoms with Crippen LogP contribution >= 0.6 is 34.5 Å². The summed E-state index contributed by atoms with van der Waals surface area (Å²) in [5, 5.41) is 12.2. The highest BCUT2D eigenvalue weighted by Gasteiger charge is 2.17. The predicted molar refractivity (Wildman–Crippen MR) is 90.6 cm³/mol. The second-order valence-electron chi connectivity index (χ2n) is 5.49. The molecule has 0 radical (unpaired) electrons. The molecule has 6 nitrogen and oxygen atoms in total. The van der Waals surface area contributed by atoms with Gasteiger partial charge in [0.05, 0.1) is 5.02 Å². The van der Waals surface area contributed by atoms with Gasteiger partial charge in [-0.1, -0.05) is 34.5 Å². The fourth-order valence-corrected chi connectivity index (χ4v) is 2.59. The summed E-state index contributed by atoms with van der Waals surface area (Å²) in [5.41, 5.74) is -0.577. The fraction of sp³-hybridized carbons (Fsp3) is 0.357. The lowest BCUT2D eigenvalue weighted by Crippen LogP contribution is -2.27. The Bertz CT molecular complexity index is 701. The quantitative estimate of drug-likeness (QED) is 0.832. The highest BCUT2D eigenvalue weighted by Crippen LogP contribution is 2.28. The van der Waals surface area contributed by atoms with Crippen molar-refractivity contribution in [3.8, 4) is 5.75 Å². The third-order valence-corrected chi connectivity index (χ3v) is 3.66. The van der Waals surface area contributed by atoms with E-state index in [-0.39, 0.29) is 6.61 Å². The van der Waals surface area contributed by atoms with Gasteiger partial charge in [0.15, 0.2) is 5.01 Å². The van der Waals surface area contributed by atoms with Crippen LogP contribution in [0.4, 0.5) is 9.93 Å². The average molecular weight is 376 g/mol. The molecule has 23 heavy (non-hydrogen) atoms. The topological polar surface area (TPSA) is 73.3 Å². The molecule has 0 aliphatic rings.